The summed E-state index contributed by atoms with van der Waals surface area (Å²) >= 11 is 0. The van der Waals surface area contributed by atoms with E-state index < -0.39 is 0 Å². The van der Waals surface area contributed by atoms with E-state index in [4.69, 9.17) is 0 Å². The second-order valence-corrected chi connectivity index (χ2v) is 7.45. The van der Waals surface area contributed by atoms with Crippen LogP contribution < -0.4 is 16.0 Å². The van der Waals surface area contributed by atoms with Gasteiger partial charge in [0.05, 0.1) is 6.04 Å². The first-order chi connectivity index (χ1) is 9.51. The lowest BCUT2D eigenvalue weighted by molar-refractivity contribution is -0.129. The Hall–Kier alpha value is -1.10. The number of aliphatic imine (C=N–C) groups is 1. The molecule has 1 atom stereocenters. The van der Waals surface area contributed by atoms with Gasteiger partial charge in [-0.25, -0.2) is 0 Å². The monoisotopic (exact) mass is 298 g/mol. The Morgan fingerprint density at radius 2 is 1.71 bits per heavy atom. The van der Waals surface area contributed by atoms with E-state index >= 15 is 0 Å². The van der Waals surface area contributed by atoms with Crippen LogP contribution in [0.1, 0.15) is 54.4 Å². The van der Waals surface area contributed by atoms with Crippen LogP contribution in [0.4, 0.5) is 0 Å². The molecule has 0 rings (SSSR count). The largest absolute Gasteiger partial charge is 0.359 e. The van der Waals surface area contributed by atoms with Crippen LogP contribution in [0.3, 0.4) is 0 Å². The first-order valence-corrected chi connectivity index (χ1v) is 7.71. The van der Waals surface area contributed by atoms with Gasteiger partial charge >= 0.3 is 0 Å². The molecule has 0 aliphatic heterocycles. The number of carbonyl (C=O) groups is 1. The Morgan fingerprint density at radius 1 is 1.14 bits per heavy atom. The van der Waals surface area contributed by atoms with E-state index in [1.807, 2.05) is 27.8 Å². The summed E-state index contributed by atoms with van der Waals surface area (Å²) in [7, 11) is 3.58. The average Bonchev–Trinajstić information content (AvgIpc) is 2.34. The Morgan fingerprint density at radius 3 is 2.10 bits per heavy atom. The van der Waals surface area contributed by atoms with Crippen LogP contribution in [-0.2, 0) is 4.79 Å². The van der Waals surface area contributed by atoms with Crippen LogP contribution in [0.5, 0.6) is 0 Å². The fourth-order valence-corrected chi connectivity index (χ4v) is 2.11. The van der Waals surface area contributed by atoms with Crippen LogP contribution in [-0.4, -0.2) is 44.0 Å². The van der Waals surface area contributed by atoms with Gasteiger partial charge in [-0.05, 0) is 33.6 Å². The van der Waals surface area contributed by atoms with E-state index in [-0.39, 0.29) is 22.8 Å². The van der Waals surface area contributed by atoms with E-state index in [0.717, 1.165) is 25.3 Å². The third kappa shape index (κ3) is 8.71. The van der Waals surface area contributed by atoms with Crippen molar-refractivity contribution < 1.29 is 4.79 Å². The maximum atomic E-state index is 12.6. The van der Waals surface area contributed by atoms with Crippen molar-refractivity contribution in [1.82, 2.24) is 16.0 Å². The van der Waals surface area contributed by atoms with Gasteiger partial charge in [0.1, 0.15) is 0 Å². The van der Waals surface area contributed by atoms with E-state index in [2.05, 4.69) is 41.7 Å². The summed E-state index contributed by atoms with van der Waals surface area (Å²) in [6.45, 7) is 13.0. The van der Waals surface area contributed by atoms with Crippen LogP contribution in [0, 0.1) is 5.41 Å². The van der Waals surface area contributed by atoms with Gasteiger partial charge in [-0.15, -0.1) is 0 Å². The van der Waals surface area contributed by atoms with E-state index in [9.17, 15) is 4.79 Å². The molecular weight excluding hydrogens is 264 g/mol. The third-order valence-corrected chi connectivity index (χ3v) is 3.09. The lowest BCUT2D eigenvalue weighted by Crippen LogP contribution is -2.51. The van der Waals surface area contributed by atoms with Gasteiger partial charge in [0.25, 0.3) is 0 Å². The molecule has 5 nitrogen and oxygen atoms in total. The van der Waals surface area contributed by atoms with E-state index in [1.54, 1.807) is 7.05 Å². The first-order valence-electron chi connectivity index (χ1n) is 7.71. The van der Waals surface area contributed by atoms with Crippen LogP contribution >= 0.6 is 0 Å². The van der Waals surface area contributed by atoms with Crippen molar-refractivity contribution in [2.24, 2.45) is 10.4 Å². The molecule has 3 N–H and O–H groups in total. The van der Waals surface area contributed by atoms with Gasteiger partial charge in [0.2, 0.25) is 0 Å². The molecule has 0 unspecified atom stereocenters. The fourth-order valence-electron chi connectivity index (χ4n) is 2.11. The number of ketones is 1. The molecule has 124 valence electrons. The van der Waals surface area contributed by atoms with Crippen LogP contribution in [0.15, 0.2) is 4.99 Å². The van der Waals surface area contributed by atoms with Crippen molar-refractivity contribution >= 4 is 11.7 Å². The zero-order valence-electron chi connectivity index (χ0n) is 15.1. The molecule has 0 bridgehead atoms. The lowest BCUT2D eigenvalue weighted by atomic mass is 9.84. The molecule has 0 amide bonds. The predicted octanol–water partition coefficient (Wildman–Crippen LogP) is 1.93. The smallest absolute Gasteiger partial charge is 0.190 e. The molecule has 0 aromatic carbocycles. The number of rotatable bonds is 6. The molecule has 0 aromatic heterocycles. The van der Waals surface area contributed by atoms with Gasteiger partial charge < -0.3 is 16.0 Å². The molecule has 0 saturated carbocycles. The zero-order chi connectivity index (χ0) is 16.7. The highest BCUT2D eigenvalue weighted by atomic mass is 16.1. The summed E-state index contributed by atoms with van der Waals surface area (Å²) in [5, 5.41) is 9.65. The van der Waals surface area contributed by atoms with E-state index in [0.29, 0.717) is 0 Å². The summed E-state index contributed by atoms with van der Waals surface area (Å²) < 4.78 is 0. The molecule has 21 heavy (non-hydrogen) atoms. The minimum Gasteiger partial charge on any atom is -0.359 e. The van der Waals surface area contributed by atoms with Crippen LogP contribution in [0.25, 0.3) is 0 Å². The van der Waals surface area contributed by atoms with Crippen molar-refractivity contribution in [1.29, 1.82) is 0 Å². The zero-order valence-corrected chi connectivity index (χ0v) is 15.1. The maximum absolute atomic E-state index is 12.6. The van der Waals surface area contributed by atoms with Crippen LogP contribution in [0.2, 0.25) is 0 Å². The lowest BCUT2D eigenvalue weighted by Gasteiger charge is -2.32. The maximum Gasteiger partial charge on any atom is 0.190 e. The number of Topliss-reactive ketones (excluding diaryl/α,β-unsaturated/α-hetero) is 1. The molecule has 0 aliphatic carbocycles. The molecule has 0 heterocycles. The van der Waals surface area contributed by atoms with Gasteiger partial charge in [-0.2, -0.15) is 0 Å². The highest BCUT2D eigenvalue weighted by Crippen LogP contribution is 2.20. The second-order valence-electron chi connectivity index (χ2n) is 7.45. The van der Waals surface area contributed by atoms with Crippen molar-refractivity contribution in [3.05, 3.63) is 0 Å². The van der Waals surface area contributed by atoms with Gasteiger partial charge in [0.15, 0.2) is 11.7 Å². The Labute approximate surface area is 130 Å². The quantitative estimate of drug-likeness (QED) is 0.398. The predicted molar refractivity (Wildman–Crippen MR) is 90.8 cm³/mol. The summed E-state index contributed by atoms with van der Waals surface area (Å²) in [6.07, 6.45) is 1.73. The van der Waals surface area contributed by atoms with Crippen molar-refractivity contribution in [3.63, 3.8) is 0 Å². The minimum absolute atomic E-state index is 0.0694. The molecule has 0 spiro atoms. The van der Waals surface area contributed by atoms with Gasteiger partial charge in [0, 0.05) is 31.6 Å². The third-order valence-electron chi connectivity index (χ3n) is 3.09. The first kappa shape index (κ1) is 19.9. The minimum atomic E-state index is -0.322. The molecule has 0 saturated heterocycles. The van der Waals surface area contributed by atoms with E-state index in [1.165, 1.54) is 0 Å². The SMILES string of the molecule is CN=C(NC)NCCC[C@H](NC(C)(C)C)C(=O)C(C)(C)C. The standard InChI is InChI=1S/C16H34N4O/c1-15(2,3)13(21)12(20-16(4,5)6)10-9-11-19-14(17-7)18-8/h12,20H,9-11H2,1-8H3,(H2,17,18,19)/t12-/m0/s1. The highest BCUT2D eigenvalue weighted by Gasteiger charge is 2.31. The summed E-state index contributed by atoms with van der Waals surface area (Å²) in [5.41, 5.74) is -0.391. The van der Waals surface area contributed by atoms with Gasteiger partial charge in [-0.3, -0.25) is 9.79 Å². The number of hydrogen-bond acceptors (Lipinski definition) is 3. The summed E-state index contributed by atoms with van der Waals surface area (Å²) in [4.78, 5) is 16.6. The molecule has 0 aliphatic rings. The van der Waals surface area contributed by atoms with Crippen molar-refractivity contribution in [2.45, 2.75) is 66.0 Å². The summed E-state index contributed by atoms with van der Waals surface area (Å²) in [6, 6.07) is -0.108. The summed E-state index contributed by atoms with van der Waals surface area (Å²) in [5.74, 6) is 1.05. The average molecular weight is 298 g/mol. The Kier molecular flexibility index (Phi) is 7.93. The fraction of sp³-hybridized carbons (Fsp3) is 0.875. The van der Waals surface area contributed by atoms with Gasteiger partial charge in [-0.1, -0.05) is 20.8 Å². The Balaban J connectivity index is 4.53. The number of guanidine groups is 1. The molecule has 5 heteroatoms. The number of nitrogens with one attached hydrogen (secondary N) is 3. The second kappa shape index (κ2) is 8.37. The van der Waals surface area contributed by atoms with Crippen molar-refractivity contribution in [2.75, 3.05) is 20.6 Å². The molecular formula is C16H34N4O. The molecule has 0 aromatic rings. The molecule has 0 radical (unpaired) electrons. The number of carbonyl (C=O) groups excluding carboxylic acids is 1. The Bertz CT molecular complexity index is 350. The van der Waals surface area contributed by atoms with Crippen molar-refractivity contribution in [3.8, 4) is 0 Å². The topological polar surface area (TPSA) is 65.5 Å². The molecule has 0 fully saturated rings. The normalized spacial score (nSPS) is 14.8. The highest BCUT2D eigenvalue weighted by molar-refractivity contribution is 5.88. The number of nitrogens with zero attached hydrogens (tertiary/aromatic N) is 1. The number of hydrogen-bond donors (Lipinski definition) is 3.